The van der Waals surface area contributed by atoms with E-state index < -0.39 is 0 Å². The lowest BCUT2D eigenvalue weighted by atomic mass is 9.95. The largest absolute Gasteiger partial charge is 0.351 e. The molecule has 5 heteroatoms. The Labute approximate surface area is 161 Å². The highest BCUT2D eigenvalue weighted by molar-refractivity contribution is 5.72. The van der Waals surface area contributed by atoms with Crippen LogP contribution in [0.25, 0.3) is 4.95 Å². The van der Waals surface area contributed by atoms with Crippen molar-refractivity contribution in [3.05, 3.63) is 81.3 Å². The van der Waals surface area contributed by atoms with Gasteiger partial charge < -0.3 is 10.6 Å². The number of urea groups is 1. The number of hydrogen-bond acceptors (Lipinski definition) is 2. The van der Waals surface area contributed by atoms with Gasteiger partial charge in [0.05, 0.1) is 6.54 Å². The van der Waals surface area contributed by atoms with E-state index >= 15 is 0 Å². The van der Waals surface area contributed by atoms with Gasteiger partial charge in [-0.15, -0.1) is 5.01 Å². The molecule has 0 unspecified atom stereocenters. The summed E-state index contributed by atoms with van der Waals surface area (Å²) in [4.78, 5) is 16.1. The molecule has 4 rings (SSSR count). The summed E-state index contributed by atoms with van der Waals surface area (Å²) in [7, 11) is 0. The third-order valence-electron chi connectivity index (χ3n) is 5.43. The van der Waals surface area contributed by atoms with E-state index in [1.54, 1.807) is 9.91 Å². The second kappa shape index (κ2) is 8.13. The first kappa shape index (κ1) is 18.8. The first-order valence-electron chi connectivity index (χ1n) is 9.31. The Bertz CT molecular complexity index is 884. The first-order chi connectivity index (χ1) is 13.0. The van der Waals surface area contributed by atoms with Gasteiger partial charge in [-0.25, -0.2) is 4.79 Å². The number of primary amides is 1. The van der Waals surface area contributed by atoms with E-state index in [1.165, 1.54) is 33.4 Å². The smallest absolute Gasteiger partial charge is 0.315 e. The van der Waals surface area contributed by atoms with Crippen LogP contribution in [-0.2, 0) is 25.9 Å². The number of hydrogen-bond donors (Lipinski definition) is 1. The number of fused-ring (bicyclic) bond motifs is 2. The molecule has 0 saturated carbocycles. The summed E-state index contributed by atoms with van der Waals surface area (Å²) in [6.45, 7) is 14.3. The van der Waals surface area contributed by atoms with Crippen molar-refractivity contribution in [1.82, 2.24) is 9.91 Å². The monoisotopic (exact) mass is 362 g/mol. The minimum Gasteiger partial charge on any atom is -0.351 e. The molecule has 0 radical (unpaired) electrons. The van der Waals surface area contributed by atoms with Gasteiger partial charge in [-0.2, -0.15) is 11.5 Å². The molecule has 2 N–H and O–H groups in total. The van der Waals surface area contributed by atoms with Gasteiger partial charge in [0.1, 0.15) is 6.54 Å². The molecular weight excluding hydrogens is 336 g/mol. The number of nitrogens with two attached hydrogens (primary N) is 1. The van der Waals surface area contributed by atoms with Crippen molar-refractivity contribution < 1.29 is 4.79 Å². The second-order valence-corrected chi connectivity index (χ2v) is 7.17. The van der Waals surface area contributed by atoms with Crippen molar-refractivity contribution >= 4 is 6.03 Å². The van der Waals surface area contributed by atoms with Crippen molar-refractivity contribution in [3.8, 4) is 0 Å². The average Bonchev–Trinajstić information content (AvgIpc) is 2.68. The van der Waals surface area contributed by atoms with Crippen LogP contribution in [0.5, 0.6) is 0 Å². The Hall–Kier alpha value is -3.00. The molecule has 2 aliphatic rings. The summed E-state index contributed by atoms with van der Waals surface area (Å²) >= 11 is 0. The van der Waals surface area contributed by atoms with Crippen LogP contribution >= 0.6 is 0 Å². The van der Waals surface area contributed by atoms with E-state index in [0.29, 0.717) is 6.54 Å². The Morgan fingerprint density at radius 3 is 2.07 bits per heavy atom. The number of nitrogens with zero attached hydrogens (tertiary/aromatic N) is 3. The number of rotatable bonds is 0. The van der Waals surface area contributed by atoms with Gasteiger partial charge in [0, 0.05) is 13.1 Å². The third-order valence-corrected chi connectivity index (χ3v) is 5.43. The molecule has 2 aromatic rings. The number of aryl methyl sites for hydroxylation is 2. The quantitative estimate of drug-likeness (QED) is 0.728. The molecule has 2 aliphatic heterocycles. The van der Waals surface area contributed by atoms with E-state index in [2.05, 4.69) is 49.1 Å². The van der Waals surface area contributed by atoms with E-state index in [0.717, 1.165) is 32.5 Å². The highest BCUT2D eigenvalue weighted by atomic mass is 16.2. The van der Waals surface area contributed by atoms with Crippen LogP contribution in [-0.4, -0.2) is 29.0 Å². The highest BCUT2D eigenvalue weighted by Gasteiger charge is 2.19. The predicted octanol–water partition coefficient (Wildman–Crippen LogP) is 3.62. The minimum absolute atomic E-state index is 0.322. The summed E-state index contributed by atoms with van der Waals surface area (Å²) < 4.78 is 0. The molecule has 5 nitrogen and oxygen atoms in total. The van der Waals surface area contributed by atoms with E-state index in [4.69, 9.17) is 12.3 Å². The van der Waals surface area contributed by atoms with Crippen molar-refractivity contribution in [3.63, 3.8) is 0 Å². The fourth-order valence-electron chi connectivity index (χ4n) is 3.86. The zero-order valence-corrected chi connectivity index (χ0v) is 16.0. The molecule has 0 atom stereocenters. The molecule has 2 amide bonds. The standard InChI is InChI=1S/C11H14N2O.C11H12N2/c1-8-3-2-4-9-7-13(11(12)14)6-5-10(8)9;1-9-4-3-5-10-8-13(12-2)7-6-11(9)10/h2-4H,5-7H2,1H3,(H2,12,14);3-5H,6-8H2,1H3. The maximum Gasteiger partial charge on any atom is 0.315 e. The molecule has 0 spiro atoms. The third kappa shape index (κ3) is 4.22. The van der Waals surface area contributed by atoms with Gasteiger partial charge in [0.15, 0.2) is 0 Å². The van der Waals surface area contributed by atoms with Crippen LogP contribution in [0, 0.1) is 20.4 Å². The molecule has 0 fully saturated rings. The average molecular weight is 362 g/mol. The fourth-order valence-corrected chi connectivity index (χ4v) is 3.86. The van der Waals surface area contributed by atoms with Gasteiger partial charge in [0.25, 0.3) is 0 Å². The minimum atomic E-state index is -0.322. The van der Waals surface area contributed by atoms with Gasteiger partial charge in [0.2, 0.25) is 0 Å². The number of carbonyl (C=O) groups is 1. The maximum atomic E-state index is 11.0. The van der Waals surface area contributed by atoms with Gasteiger partial charge in [-0.1, -0.05) is 36.4 Å². The molecule has 0 aromatic heterocycles. The van der Waals surface area contributed by atoms with Crippen molar-refractivity contribution in [2.45, 2.75) is 39.8 Å². The lowest BCUT2D eigenvalue weighted by Crippen LogP contribution is -2.39. The van der Waals surface area contributed by atoms with Crippen LogP contribution in [0.4, 0.5) is 4.79 Å². The van der Waals surface area contributed by atoms with E-state index in [1.807, 2.05) is 6.07 Å². The van der Waals surface area contributed by atoms with Gasteiger partial charge >= 0.3 is 6.03 Å². The Morgan fingerprint density at radius 2 is 1.52 bits per heavy atom. The zero-order valence-electron chi connectivity index (χ0n) is 16.0. The fraction of sp³-hybridized carbons (Fsp3) is 0.364. The Kier molecular flexibility index (Phi) is 5.66. The summed E-state index contributed by atoms with van der Waals surface area (Å²) in [5.41, 5.74) is 13.3. The SMILES string of the molecule is Cc1cccc2c1CCN(C(N)=O)C2.[C-]#[N+]N1CCc2c(C)cccc2C1. The summed E-state index contributed by atoms with van der Waals surface area (Å²) in [6.07, 6.45) is 1.94. The zero-order chi connectivity index (χ0) is 19.4. The lowest BCUT2D eigenvalue weighted by Gasteiger charge is -2.28. The Balaban J connectivity index is 0.000000156. The van der Waals surface area contributed by atoms with Crippen molar-refractivity contribution in [2.75, 3.05) is 13.1 Å². The maximum absolute atomic E-state index is 11.0. The molecule has 2 heterocycles. The van der Waals surface area contributed by atoms with Crippen LogP contribution in [0.15, 0.2) is 36.4 Å². The molecule has 2 aromatic carbocycles. The topological polar surface area (TPSA) is 53.9 Å². The van der Waals surface area contributed by atoms with Crippen LogP contribution in [0.3, 0.4) is 0 Å². The lowest BCUT2D eigenvalue weighted by molar-refractivity contribution is 0.202. The second-order valence-electron chi connectivity index (χ2n) is 7.17. The molecule has 0 bridgehead atoms. The number of benzene rings is 2. The molecular formula is C22H26N4O. The number of amides is 2. The highest BCUT2D eigenvalue weighted by Crippen LogP contribution is 2.22. The molecule has 27 heavy (non-hydrogen) atoms. The molecule has 140 valence electrons. The van der Waals surface area contributed by atoms with Crippen molar-refractivity contribution in [1.29, 1.82) is 0 Å². The van der Waals surface area contributed by atoms with Crippen molar-refractivity contribution in [2.24, 2.45) is 5.73 Å². The van der Waals surface area contributed by atoms with Crippen LogP contribution < -0.4 is 5.73 Å². The van der Waals surface area contributed by atoms with Gasteiger partial charge in [-0.05, 0) is 60.1 Å². The van der Waals surface area contributed by atoms with Crippen LogP contribution in [0.1, 0.15) is 33.4 Å². The predicted molar refractivity (Wildman–Crippen MR) is 107 cm³/mol. The van der Waals surface area contributed by atoms with E-state index in [-0.39, 0.29) is 6.03 Å². The van der Waals surface area contributed by atoms with Gasteiger partial charge in [-0.3, -0.25) is 0 Å². The summed E-state index contributed by atoms with van der Waals surface area (Å²) in [5.74, 6) is 0. The summed E-state index contributed by atoms with van der Waals surface area (Å²) in [5, 5.41) is 1.79. The number of carbonyl (C=O) groups excluding carboxylic acids is 1. The van der Waals surface area contributed by atoms with Crippen LogP contribution in [0.2, 0.25) is 0 Å². The Morgan fingerprint density at radius 1 is 0.963 bits per heavy atom. The summed E-state index contributed by atoms with van der Waals surface area (Å²) in [6, 6.07) is 12.2. The molecule has 0 aliphatic carbocycles. The van der Waals surface area contributed by atoms with E-state index in [9.17, 15) is 4.79 Å². The normalized spacial score (nSPS) is 15.0. The first-order valence-corrected chi connectivity index (χ1v) is 9.31. The molecule has 0 saturated heterocycles.